The molecule has 1 saturated heterocycles. The minimum Gasteiger partial charge on any atom is -0.347 e. The molecule has 1 aromatic heterocycles. The van der Waals surface area contributed by atoms with E-state index in [1.54, 1.807) is 11.3 Å². The Kier molecular flexibility index (Phi) is 3.30. The Morgan fingerprint density at radius 2 is 2.17 bits per heavy atom. The van der Waals surface area contributed by atoms with E-state index in [0.717, 1.165) is 23.1 Å². The second-order valence-electron chi connectivity index (χ2n) is 4.66. The van der Waals surface area contributed by atoms with Gasteiger partial charge in [-0.25, -0.2) is 4.98 Å². The topological polar surface area (TPSA) is 42.1 Å². The van der Waals surface area contributed by atoms with Crippen molar-refractivity contribution in [1.82, 2.24) is 4.98 Å². The van der Waals surface area contributed by atoms with Crippen LogP contribution in [0.3, 0.4) is 0 Å². The van der Waals surface area contributed by atoms with Crippen LogP contribution in [0.25, 0.3) is 0 Å². The minimum atomic E-state index is 0.591. The third-order valence-corrected chi connectivity index (χ3v) is 4.55. The fourth-order valence-electron chi connectivity index (χ4n) is 2.47. The van der Waals surface area contributed by atoms with Crippen molar-refractivity contribution < 1.29 is 0 Å². The van der Waals surface area contributed by atoms with Crippen molar-refractivity contribution in [2.45, 2.75) is 18.9 Å². The molecule has 94 valence electrons. The summed E-state index contributed by atoms with van der Waals surface area (Å²) < 4.78 is 0. The molecule has 18 heavy (non-hydrogen) atoms. The molecule has 1 atom stereocenters. The first-order valence-electron chi connectivity index (χ1n) is 6.31. The van der Waals surface area contributed by atoms with Crippen molar-refractivity contribution in [2.24, 2.45) is 5.73 Å². The summed E-state index contributed by atoms with van der Waals surface area (Å²) in [6.07, 6.45) is 3.11. The number of rotatable bonds is 3. The Morgan fingerprint density at radius 3 is 2.89 bits per heavy atom. The number of nitrogens with zero attached hydrogens (tertiary/aromatic N) is 2. The van der Waals surface area contributed by atoms with Crippen LogP contribution in [-0.4, -0.2) is 18.1 Å². The highest BCUT2D eigenvalue weighted by Gasteiger charge is 2.25. The molecule has 0 saturated carbocycles. The minimum absolute atomic E-state index is 0.591. The summed E-state index contributed by atoms with van der Waals surface area (Å²) in [5, 5.41) is 1.12. The third kappa shape index (κ3) is 2.26. The molecular weight excluding hydrogens is 242 g/mol. The van der Waals surface area contributed by atoms with E-state index in [0.29, 0.717) is 12.5 Å². The van der Waals surface area contributed by atoms with Crippen LogP contribution in [0, 0.1) is 0 Å². The highest BCUT2D eigenvalue weighted by molar-refractivity contribution is 7.15. The van der Waals surface area contributed by atoms with Crippen LogP contribution in [0.4, 0.5) is 5.13 Å². The van der Waals surface area contributed by atoms with Crippen LogP contribution in [0.15, 0.2) is 36.5 Å². The lowest BCUT2D eigenvalue weighted by molar-refractivity contribution is 0.775. The molecule has 0 amide bonds. The fourth-order valence-corrected chi connectivity index (χ4v) is 3.29. The number of nitrogens with two attached hydrogens (primary N) is 1. The average Bonchev–Trinajstić information content (AvgIpc) is 3.08. The monoisotopic (exact) mass is 259 g/mol. The molecule has 0 radical (unpaired) electrons. The summed E-state index contributed by atoms with van der Waals surface area (Å²) >= 11 is 1.72. The van der Waals surface area contributed by atoms with Crippen molar-refractivity contribution >= 4 is 16.5 Å². The Balaban J connectivity index is 1.72. The van der Waals surface area contributed by atoms with Gasteiger partial charge >= 0.3 is 0 Å². The lowest BCUT2D eigenvalue weighted by Crippen LogP contribution is -2.18. The maximum Gasteiger partial charge on any atom is 0.185 e. The number of hydrogen-bond acceptors (Lipinski definition) is 4. The number of anilines is 1. The molecule has 1 aromatic carbocycles. The van der Waals surface area contributed by atoms with Gasteiger partial charge in [0.15, 0.2) is 5.13 Å². The quantitative estimate of drug-likeness (QED) is 0.921. The van der Waals surface area contributed by atoms with E-state index in [-0.39, 0.29) is 0 Å². The van der Waals surface area contributed by atoms with Gasteiger partial charge in [-0.2, -0.15) is 0 Å². The smallest absolute Gasteiger partial charge is 0.185 e. The van der Waals surface area contributed by atoms with Gasteiger partial charge in [0.2, 0.25) is 0 Å². The van der Waals surface area contributed by atoms with Crippen molar-refractivity contribution in [3.63, 3.8) is 0 Å². The van der Waals surface area contributed by atoms with Gasteiger partial charge in [-0.3, -0.25) is 0 Å². The molecule has 3 nitrogen and oxygen atoms in total. The normalized spacial score (nSPS) is 19.4. The van der Waals surface area contributed by atoms with Crippen LogP contribution in [0.2, 0.25) is 0 Å². The maximum absolute atomic E-state index is 5.63. The molecule has 2 aromatic rings. The van der Waals surface area contributed by atoms with Crippen molar-refractivity contribution in [3.05, 3.63) is 47.0 Å². The summed E-state index contributed by atoms with van der Waals surface area (Å²) in [6, 6.07) is 10.8. The van der Waals surface area contributed by atoms with Gasteiger partial charge in [0.1, 0.15) is 0 Å². The molecule has 0 aliphatic carbocycles. The standard InChI is InChI=1S/C14H17N3S/c15-8-13-9-16-14(18-13)17-7-6-12(10-17)11-4-2-1-3-5-11/h1-5,9,12H,6-8,10,15H2. The molecule has 1 aliphatic heterocycles. The van der Waals surface area contributed by atoms with Crippen LogP contribution < -0.4 is 10.6 Å². The zero-order valence-electron chi connectivity index (χ0n) is 10.2. The Morgan fingerprint density at radius 1 is 1.33 bits per heavy atom. The number of aromatic nitrogens is 1. The molecular formula is C14H17N3S. The average molecular weight is 259 g/mol. The molecule has 1 fully saturated rings. The lowest BCUT2D eigenvalue weighted by atomic mass is 9.99. The fraction of sp³-hybridized carbons (Fsp3) is 0.357. The lowest BCUT2D eigenvalue weighted by Gasteiger charge is -2.15. The van der Waals surface area contributed by atoms with Gasteiger partial charge in [0.25, 0.3) is 0 Å². The molecule has 4 heteroatoms. The summed E-state index contributed by atoms with van der Waals surface area (Å²) in [5.41, 5.74) is 7.07. The van der Waals surface area contributed by atoms with Crippen LogP contribution in [0.5, 0.6) is 0 Å². The van der Waals surface area contributed by atoms with Gasteiger partial charge in [-0.05, 0) is 12.0 Å². The highest BCUT2D eigenvalue weighted by atomic mass is 32.1. The summed E-state index contributed by atoms with van der Waals surface area (Å²) in [6.45, 7) is 2.76. The Hall–Kier alpha value is -1.39. The second-order valence-corrected chi connectivity index (χ2v) is 5.75. The van der Waals surface area contributed by atoms with E-state index in [9.17, 15) is 0 Å². The molecule has 2 heterocycles. The van der Waals surface area contributed by atoms with Gasteiger partial charge in [0, 0.05) is 36.6 Å². The molecule has 1 aliphatic rings. The van der Waals surface area contributed by atoms with Gasteiger partial charge in [0.05, 0.1) is 0 Å². The summed E-state index contributed by atoms with van der Waals surface area (Å²) in [4.78, 5) is 8.00. The largest absolute Gasteiger partial charge is 0.347 e. The van der Waals surface area contributed by atoms with Crippen molar-refractivity contribution in [3.8, 4) is 0 Å². The predicted molar refractivity (Wildman–Crippen MR) is 76.0 cm³/mol. The van der Waals surface area contributed by atoms with E-state index < -0.39 is 0 Å². The zero-order valence-corrected chi connectivity index (χ0v) is 11.1. The highest BCUT2D eigenvalue weighted by Crippen LogP contribution is 2.32. The second kappa shape index (κ2) is 5.08. The van der Waals surface area contributed by atoms with E-state index in [2.05, 4.69) is 40.2 Å². The summed E-state index contributed by atoms with van der Waals surface area (Å²) in [5.74, 6) is 0.636. The van der Waals surface area contributed by atoms with E-state index >= 15 is 0 Å². The third-order valence-electron chi connectivity index (χ3n) is 3.47. The SMILES string of the molecule is NCc1cnc(N2CCC(c3ccccc3)C2)s1. The number of thiazole rings is 1. The van der Waals surface area contributed by atoms with E-state index in [1.165, 1.54) is 12.0 Å². The first-order chi connectivity index (χ1) is 8.86. The van der Waals surface area contributed by atoms with Gasteiger partial charge in [-0.15, -0.1) is 11.3 Å². The van der Waals surface area contributed by atoms with Crippen molar-refractivity contribution in [2.75, 3.05) is 18.0 Å². The van der Waals surface area contributed by atoms with Gasteiger partial charge in [-0.1, -0.05) is 30.3 Å². The van der Waals surface area contributed by atoms with Crippen LogP contribution in [0.1, 0.15) is 22.8 Å². The van der Waals surface area contributed by atoms with Crippen LogP contribution in [-0.2, 0) is 6.54 Å². The molecule has 3 rings (SSSR count). The van der Waals surface area contributed by atoms with E-state index in [1.807, 2.05) is 6.20 Å². The molecule has 0 bridgehead atoms. The van der Waals surface area contributed by atoms with Gasteiger partial charge < -0.3 is 10.6 Å². The predicted octanol–water partition coefficient (Wildman–Crippen LogP) is 2.60. The molecule has 0 spiro atoms. The Labute approximate surface area is 111 Å². The first-order valence-corrected chi connectivity index (χ1v) is 7.13. The molecule has 2 N–H and O–H groups in total. The first kappa shape index (κ1) is 11.7. The van der Waals surface area contributed by atoms with Crippen molar-refractivity contribution in [1.29, 1.82) is 0 Å². The van der Waals surface area contributed by atoms with E-state index in [4.69, 9.17) is 5.73 Å². The maximum atomic E-state index is 5.63. The molecule has 1 unspecified atom stereocenters. The Bertz CT molecular complexity index is 509. The van der Waals surface area contributed by atoms with Crippen LogP contribution >= 0.6 is 11.3 Å². The zero-order chi connectivity index (χ0) is 12.4. The number of benzene rings is 1. The summed E-state index contributed by atoms with van der Waals surface area (Å²) in [7, 11) is 0. The number of hydrogen-bond donors (Lipinski definition) is 1.